The maximum absolute atomic E-state index is 13.2. The standard InChI is InChI=1S/C42H53N3O5/c1-27-38(24-45-14-4-9-37(45)26-47)49-40(50-39(27)33-12-10-28(25-46)11-13-33)36-8-3-7-35(19-36)34-6-2-5-29(18-34)23-43-41(48)44-42-20-30-15-31(21-42)17-32(16-30)22-42/h2-3,5-8,10-13,18-19,27,30-32,37-40,46-47H,4,9,14-17,20-26H2,1H3,(H2,43,44,48)/t27-,30?,31?,32?,37-,38+,39+,40+,42?/m0/s1. The molecule has 2 amide bonds. The minimum Gasteiger partial charge on any atom is -0.395 e. The molecule has 0 radical (unpaired) electrons. The van der Waals surface area contributed by atoms with E-state index in [1.54, 1.807) is 0 Å². The third-order valence-corrected chi connectivity index (χ3v) is 12.5. The van der Waals surface area contributed by atoms with Gasteiger partial charge in [-0.25, -0.2) is 4.79 Å². The molecule has 266 valence electrons. The van der Waals surface area contributed by atoms with Gasteiger partial charge in [-0.15, -0.1) is 0 Å². The van der Waals surface area contributed by atoms with Crippen LogP contribution < -0.4 is 10.6 Å². The molecule has 4 aliphatic carbocycles. The molecule has 8 nitrogen and oxygen atoms in total. The molecule has 6 fully saturated rings. The molecule has 8 heteroatoms. The fraction of sp³-hybridized carbons (Fsp3) is 0.548. The summed E-state index contributed by atoms with van der Waals surface area (Å²) in [6.45, 7) is 4.53. The molecule has 0 aromatic heterocycles. The Kier molecular flexibility index (Phi) is 9.74. The molecule has 9 rings (SSSR count). The number of amides is 2. The van der Waals surface area contributed by atoms with E-state index in [1.165, 1.54) is 19.3 Å². The van der Waals surface area contributed by atoms with Crippen molar-refractivity contribution >= 4 is 6.03 Å². The summed E-state index contributed by atoms with van der Waals surface area (Å²) in [5, 5.41) is 26.2. The second-order valence-electron chi connectivity index (χ2n) is 16.1. The first-order chi connectivity index (χ1) is 24.4. The van der Waals surface area contributed by atoms with Gasteiger partial charge in [-0.2, -0.15) is 0 Å². The van der Waals surface area contributed by atoms with Gasteiger partial charge in [0.2, 0.25) is 0 Å². The average Bonchev–Trinajstić information content (AvgIpc) is 3.58. The van der Waals surface area contributed by atoms with E-state index in [4.69, 9.17) is 9.47 Å². The minimum absolute atomic E-state index is 0.00190. The summed E-state index contributed by atoms with van der Waals surface area (Å²) < 4.78 is 13.5. The van der Waals surface area contributed by atoms with Crippen LogP contribution >= 0.6 is 0 Å². The summed E-state index contributed by atoms with van der Waals surface area (Å²) >= 11 is 0. The molecule has 50 heavy (non-hydrogen) atoms. The zero-order valence-corrected chi connectivity index (χ0v) is 29.3. The first kappa shape index (κ1) is 33.9. The number of rotatable bonds is 10. The Morgan fingerprint density at radius 1 is 0.860 bits per heavy atom. The quantitative estimate of drug-likeness (QED) is 0.187. The zero-order valence-electron chi connectivity index (χ0n) is 29.3. The molecule has 2 aliphatic heterocycles. The lowest BCUT2D eigenvalue weighted by Crippen LogP contribution is -2.61. The third kappa shape index (κ3) is 7.10. The van der Waals surface area contributed by atoms with Crippen molar-refractivity contribution in [3.8, 4) is 11.1 Å². The third-order valence-electron chi connectivity index (χ3n) is 12.5. The van der Waals surface area contributed by atoms with E-state index in [9.17, 15) is 15.0 Å². The molecule has 2 heterocycles. The van der Waals surface area contributed by atoms with Crippen LogP contribution in [0.4, 0.5) is 4.79 Å². The zero-order chi connectivity index (χ0) is 34.2. The van der Waals surface area contributed by atoms with E-state index in [-0.39, 0.29) is 49.0 Å². The molecule has 0 unspecified atom stereocenters. The van der Waals surface area contributed by atoms with E-state index in [0.29, 0.717) is 6.54 Å². The Labute approximate surface area is 296 Å². The average molecular weight is 680 g/mol. The van der Waals surface area contributed by atoms with Gasteiger partial charge < -0.3 is 30.3 Å². The minimum atomic E-state index is -0.563. The number of aliphatic hydroxyl groups excluding tert-OH is 2. The van der Waals surface area contributed by atoms with Crippen molar-refractivity contribution in [3.05, 3.63) is 95.1 Å². The van der Waals surface area contributed by atoms with Gasteiger partial charge >= 0.3 is 6.03 Å². The number of ether oxygens (including phenoxy) is 2. The number of likely N-dealkylation sites (tertiary alicyclic amines) is 1. The summed E-state index contributed by atoms with van der Waals surface area (Å²) in [4.78, 5) is 15.5. The Morgan fingerprint density at radius 2 is 1.56 bits per heavy atom. The van der Waals surface area contributed by atoms with E-state index in [1.807, 2.05) is 12.1 Å². The molecular formula is C42H53N3O5. The summed E-state index contributed by atoms with van der Waals surface area (Å²) in [6.07, 6.45) is 8.76. The SMILES string of the molecule is C[C@H]1[C@@H](CN2CCC[C@H]2CO)O[C@@H](c2cccc(-c3cccc(CNC(=O)NC45CC6CC(CC(C6)C4)C5)c3)c2)O[C@H]1c1ccc(CO)cc1. The Bertz CT molecular complexity index is 1610. The van der Waals surface area contributed by atoms with Crippen LogP contribution in [0.5, 0.6) is 0 Å². The fourth-order valence-corrected chi connectivity index (χ4v) is 10.4. The van der Waals surface area contributed by atoms with Crippen molar-refractivity contribution in [1.82, 2.24) is 15.5 Å². The molecule has 2 saturated heterocycles. The molecule has 3 aromatic rings. The van der Waals surface area contributed by atoms with E-state index < -0.39 is 6.29 Å². The highest BCUT2D eigenvalue weighted by Crippen LogP contribution is 2.55. The van der Waals surface area contributed by atoms with Gasteiger partial charge in [0.15, 0.2) is 6.29 Å². The van der Waals surface area contributed by atoms with Gasteiger partial charge in [0, 0.05) is 36.2 Å². The van der Waals surface area contributed by atoms with E-state index in [2.05, 4.69) is 83.1 Å². The first-order valence-electron chi connectivity index (χ1n) is 19.0. The van der Waals surface area contributed by atoms with Crippen molar-refractivity contribution in [1.29, 1.82) is 0 Å². The summed E-state index contributed by atoms with van der Waals surface area (Å²) in [7, 11) is 0. The second kappa shape index (κ2) is 14.4. The van der Waals surface area contributed by atoms with Crippen LogP contribution in [0.3, 0.4) is 0 Å². The van der Waals surface area contributed by atoms with Gasteiger partial charge in [-0.05, 0) is 116 Å². The van der Waals surface area contributed by atoms with E-state index in [0.717, 1.165) is 96.3 Å². The number of carbonyl (C=O) groups is 1. The second-order valence-corrected chi connectivity index (χ2v) is 16.1. The van der Waals surface area contributed by atoms with Gasteiger partial charge in [0.05, 0.1) is 25.4 Å². The Morgan fingerprint density at radius 3 is 2.26 bits per heavy atom. The fourth-order valence-electron chi connectivity index (χ4n) is 10.4. The topological polar surface area (TPSA) is 103 Å². The van der Waals surface area contributed by atoms with Crippen LogP contribution in [0.1, 0.15) is 92.9 Å². The molecule has 4 saturated carbocycles. The Hall–Kier alpha value is -3.27. The van der Waals surface area contributed by atoms with Crippen LogP contribution in [0.25, 0.3) is 11.1 Å². The lowest BCUT2D eigenvalue weighted by Gasteiger charge is -2.56. The van der Waals surface area contributed by atoms with E-state index >= 15 is 0 Å². The monoisotopic (exact) mass is 679 g/mol. The van der Waals surface area contributed by atoms with Crippen molar-refractivity contribution in [3.63, 3.8) is 0 Å². The Balaban J connectivity index is 0.971. The molecule has 3 aromatic carbocycles. The molecule has 5 atom stereocenters. The van der Waals surface area contributed by atoms with Gasteiger partial charge in [0.1, 0.15) is 0 Å². The largest absolute Gasteiger partial charge is 0.395 e. The highest BCUT2D eigenvalue weighted by Gasteiger charge is 2.51. The van der Waals surface area contributed by atoms with Gasteiger partial charge in [0.25, 0.3) is 0 Å². The number of nitrogens with zero attached hydrogens (tertiary/aromatic N) is 1. The molecule has 4 bridgehead atoms. The van der Waals surface area contributed by atoms with Crippen molar-refractivity contribution in [2.24, 2.45) is 23.7 Å². The smallest absolute Gasteiger partial charge is 0.315 e. The number of hydrogen-bond donors (Lipinski definition) is 4. The number of urea groups is 1. The van der Waals surface area contributed by atoms with Crippen LogP contribution in [0, 0.1) is 23.7 Å². The molecule has 4 N–H and O–H groups in total. The van der Waals surface area contributed by atoms with Gasteiger partial charge in [-0.1, -0.05) is 67.6 Å². The first-order valence-corrected chi connectivity index (χ1v) is 19.0. The molecular weight excluding hydrogens is 626 g/mol. The number of benzene rings is 3. The van der Waals surface area contributed by atoms with Crippen LogP contribution in [-0.2, 0) is 22.6 Å². The van der Waals surface area contributed by atoms with Crippen molar-refractivity contribution < 1.29 is 24.5 Å². The lowest BCUT2D eigenvalue weighted by molar-refractivity contribution is -0.276. The van der Waals surface area contributed by atoms with Crippen molar-refractivity contribution in [2.45, 2.75) is 102 Å². The number of hydrogen-bond acceptors (Lipinski definition) is 6. The predicted molar refractivity (Wildman–Crippen MR) is 193 cm³/mol. The normalized spacial score (nSPS) is 33.4. The van der Waals surface area contributed by atoms with Gasteiger partial charge in [-0.3, -0.25) is 4.90 Å². The predicted octanol–water partition coefficient (Wildman–Crippen LogP) is 6.86. The highest BCUT2D eigenvalue weighted by atomic mass is 16.7. The number of nitrogens with one attached hydrogen (secondary N) is 2. The highest BCUT2D eigenvalue weighted by molar-refractivity contribution is 5.75. The number of aliphatic hydroxyl groups is 2. The summed E-state index contributed by atoms with van der Waals surface area (Å²) in [5.74, 6) is 2.46. The van der Waals surface area contributed by atoms with Crippen LogP contribution in [-0.4, -0.2) is 58.5 Å². The molecule has 6 aliphatic rings. The van der Waals surface area contributed by atoms with Crippen LogP contribution in [0.15, 0.2) is 72.8 Å². The van der Waals surface area contributed by atoms with Crippen LogP contribution in [0.2, 0.25) is 0 Å². The summed E-state index contributed by atoms with van der Waals surface area (Å²) in [5.41, 5.74) is 6.09. The number of carbonyl (C=O) groups excluding carboxylic acids is 1. The summed E-state index contributed by atoms with van der Waals surface area (Å²) in [6, 6.07) is 24.9. The lowest BCUT2D eigenvalue weighted by atomic mass is 9.53. The maximum atomic E-state index is 13.2. The molecule has 0 spiro atoms. The maximum Gasteiger partial charge on any atom is 0.315 e. The van der Waals surface area contributed by atoms with Crippen molar-refractivity contribution in [2.75, 3.05) is 19.7 Å².